The number of aromatic nitrogens is 1. The highest BCUT2D eigenvalue weighted by molar-refractivity contribution is 7.89. The van der Waals surface area contributed by atoms with E-state index >= 15 is 0 Å². The fourth-order valence-electron chi connectivity index (χ4n) is 2.24. The van der Waals surface area contributed by atoms with Crippen LogP contribution in [-0.2, 0) is 17.1 Å². The van der Waals surface area contributed by atoms with Crippen molar-refractivity contribution in [3.8, 4) is 0 Å². The third kappa shape index (κ3) is 2.98. The number of halogens is 1. The highest BCUT2D eigenvalue weighted by Gasteiger charge is 2.32. The van der Waals surface area contributed by atoms with Crippen LogP contribution in [0.25, 0.3) is 0 Å². The zero-order valence-corrected chi connectivity index (χ0v) is 13.0. The van der Waals surface area contributed by atoms with Crippen LogP contribution < -0.4 is 11.1 Å². The number of nitrogens with two attached hydrogens (primary N) is 1. The van der Waals surface area contributed by atoms with Crippen LogP contribution in [0, 0.1) is 0 Å². The first kappa shape index (κ1) is 17.0. The van der Waals surface area contributed by atoms with E-state index in [2.05, 4.69) is 5.32 Å². The van der Waals surface area contributed by atoms with Crippen molar-refractivity contribution in [2.75, 3.05) is 19.6 Å². The van der Waals surface area contributed by atoms with E-state index in [1.807, 2.05) is 6.92 Å². The van der Waals surface area contributed by atoms with Crippen molar-refractivity contribution in [3.63, 3.8) is 0 Å². The second kappa shape index (κ2) is 6.13. The van der Waals surface area contributed by atoms with E-state index in [0.717, 1.165) is 0 Å². The molecule has 9 heteroatoms. The summed E-state index contributed by atoms with van der Waals surface area (Å²) in [5, 5.41) is 3.14. The Morgan fingerprint density at radius 3 is 2.65 bits per heavy atom. The molecule has 1 aliphatic heterocycles. The van der Waals surface area contributed by atoms with E-state index in [-0.39, 0.29) is 29.0 Å². The summed E-state index contributed by atoms with van der Waals surface area (Å²) in [5.74, 6) is -0.641. The molecule has 0 spiro atoms. The molecule has 0 unspecified atom stereocenters. The number of aryl methyl sites for hydroxylation is 1. The van der Waals surface area contributed by atoms with Crippen LogP contribution in [0.5, 0.6) is 0 Å². The van der Waals surface area contributed by atoms with Gasteiger partial charge in [-0.2, -0.15) is 4.31 Å². The lowest BCUT2D eigenvalue weighted by Gasteiger charge is -2.32. The molecule has 1 atom stereocenters. The largest absolute Gasteiger partial charge is 0.364 e. The topological polar surface area (TPSA) is 97.4 Å². The van der Waals surface area contributed by atoms with E-state index in [9.17, 15) is 13.2 Å². The molecule has 2 heterocycles. The van der Waals surface area contributed by atoms with Crippen LogP contribution in [0.4, 0.5) is 0 Å². The molecule has 1 aliphatic rings. The third-order valence-electron chi connectivity index (χ3n) is 3.28. The van der Waals surface area contributed by atoms with Crippen molar-refractivity contribution in [1.82, 2.24) is 14.2 Å². The first-order valence-electron chi connectivity index (χ1n) is 6.03. The Kier molecular flexibility index (Phi) is 5.20. The number of primary amides is 1. The van der Waals surface area contributed by atoms with Crippen LogP contribution in [0.2, 0.25) is 0 Å². The van der Waals surface area contributed by atoms with Gasteiger partial charge in [-0.15, -0.1) is 12.4 Å². The molecule has 0 radical (unpaired) electrons. The van der Waals surface area contributed by atoms with Gasteiger partial charge in [0.2, 0.25) is 10.0 Å². The quantitative estimate of drug-likeness (QED) is 0.786. The summed E-state index contributed by atoms with van der Waals surface area (Å²) >= 11 is 0. The average Bonchev–Trinajstić information content (AvgIpc) is 2.72. The van der Waals surface area contributed by atoms with Gasteiger partial charge in [0.05, 0.1) is 0 Å². The summed E-state index contributed by atoms with van der Waals surface area (Å²) in [6.07, 6.45) is 1.42. The maximum atomic E-state index is 12.5. The molecule has 0 aliphatic carbocycles. The van der Waals surface area contributed by atoms with Crippen LogP contribution in [0.15, 0.2) is 17.2 Å². The highest BCUT2D eigenvalue weighted by Crippen LogP contribution is 2.21. The number of piperazine rings is 1. The minimum Gasteiger partial charge on any atom is -0.364 e. The van der Waals surface area contributed by atoms with Gasteiger partial charge in [-0.3, -0.25) is 4.79 Å². The number of carbonyl (C=O) groups excluding carboxylic acids is 1. The molecule has 1 aromatic rings. The lowest BCUT2D eigenvalue weighted by molar-refractivity contribution is 0.0992. The number of hydrogen-bond acceptors (Lipinski definition) is 4. The molecule has 0 aromatic carbocycles. The molecule has 0 saturated carbocycles. The summed E-state index contributed by atoms with van der Waals surface area (Å²) < 4.78 is 27.9. The van der Waals surface area contributed by atoms with Gasteiger partial charge in [-0.1, -0.05) is 0 Å². The first-order chi connectivity index (χ1) is 8.84. The number of carbonyl (C=O) groups is 1. The molecule has 1 fully saturated rings. The van der Waals surface area contributed by atoms with E-state index in [4.69, 9.17) is 5.73 Å². The average molecular weight is 323 g/mol. The van der Waals surface area contributed by atoms with Crippen LogP contribution in [-0.4, -0.2) is 48.9 Å². The zero-order chi connectivity index (χ0) is 14.2. The zero-order valence-electron chi connectivity index (χ0n) is 11.4. The fourth-order valence-corrected chi connectivity index (χ4v) is 3.94. The number of amides is 1. The molecule has 1 aromatic heterocycles. The Hall–Kier alpha value is -1.09. The lowest BCUT2D eigenvalue weighted by atomic mass is 10.3. The van der Waals surface area contributed by atoms with Crippen molar-refractivity contribution in [3.05, 3.63) is 18.0 Å². The molecule has 20 heavy (non-hydrogen) atoms. The minimum atomic E-state index is -3.58. The van der Waals surface area contributed by atoms with Gasteiger partial charge in [0.25, 0.3) is 5.91 Å². The summed E-state index contributed by atoms with van der Waals surface area (Å²) in [7, 11) is -1.98. The molecule has 7 nitrogen and oxygen atoms in total. The molecule has 1 amide bonds. The van der Waals surface area contributed by atoms with Crippen molar-refractivity contribution in [2.24, 2.45) is 12.8 Å². The SMILES string of the molecule is C[C@H]1CNCCN1S(=O)(=O)c1cc(C(N)=O)n(C)c1.Cl. The van der Waals surface area contributed by atoms with E-state index in [1.54, 1.807) is 7.05 Å². The van der Waals surface area contributed by atoms with Crippen molar-refractivity contribution in [2.45, 2.75) is 17.9 Å². The Labute approximate surface area is 124 Å². The number of hydrogen-bond donors (Lipinski definition) is 2. The Morgan fingerprint density at radius 1 is 1.50 bits per heavy atom. The third-order valence-corrected chi connectivity index (χ3v) is 5.26. The van der Waals surface area contributed by atoms with E-state index in [1.165, 1.54) is 21.1 Å². The lowest BCUT2D eigenvalue weighted by Crippen LogP contribution is -2.52. The summed E-state index contributed by atoms with van der Waals surface area (Å²) in [6.45, 7) is 3.51. The minimum absolute atomic E-state index is 0. The second-order valence-electron chi connectivity index (χ2n) is 4.71. The molecule has 3 N–H and O–H groups in total. The van der Waals surface area contributed by atoms with E-state index in [0.29, 0.717) is 19.6 Å². The van der Waals surface area contributed by atoms with E-state index < -0.39 is 15.9 Å². The van der Waals surface area contributed by atoms with Gasteiger partial charge in [0, 0.05) is 38.9 Å². The van der Waals surface area contributed by atoms with Gasteiger partial charge in [0.1, 0.15) is 10.6 Å². The van der Waals surface area contributed by atoms with Gasteiger partial charge < -0.3 is 15.6 Å². The van der Waals surface area contributed by atoms with Crippen molar-refractivity contribution < 1.29 is 13.2 Å². The molecular formula is C11H19ClN4O3S. The maximum Gasteiger partial charge on any atom is 0.265 e. The number of sulfonamides is 1. The fraction of sp³-hybridized carbons (Fsp3) is 0.545. The molecular weight excluding hydrogens is 304 g/mol. The van der Waals surface area contributed by atoms with Crippen LogP contribution in [0.1, 0.15) is 17.4 Å². The summed E-state index contributed by atoms with van der Waals surface area (Å²) in [5.41, 5.74) is 5.38. The molecule has 114 valence electrons. The van der Waals surface area contributed by atoms with Crippen molar-refractivity contribution >= 4 is 28.3 Å². The smallest absolute Gasteiger partial charge is 0.265 e. The molecule has 1 saturated heterocycles. The van der Waals surface area contributed by atoms with Crippen LogP contribution >= 0.6 is 12.4 Å². The van der Waals surface area contributed by atoms with Gasteiger partial charge in [0.15, 0.2) is 0 Å². The Balaban J connectivity index is 0.00000200. The van der Waals surface area contributed by atoms with Crippen molar-refractivity contribution in [1.29, 1.82) is 0 Å². The van der Waals surface area contributed by atoms with Crippen LogP contribution in [0.3, 0.4) is 0 Å². The Bertz CT molecular complexity index is 599. The second-order valence-corrected chi connectivity index (χ2v) is 6.60. The number of rotatable bonds is 3. The normalized spacial score (nSPS) is 20.4. The summed E-state index contributed by atoms with van der Waals surface area (Å²) in [6, 6.07) is 1.21. The number of nitrogens with one attached hydrogen (secondary N) is 1. The molecule has 2 rings (SSSR count). The maximum absolute atomic E-state index is 12.5. The first-order valence-corrected chi connectivity index (χ1v) is 7.47. The Morgan fingerprint density at radius 2 is 2.15 bits per heavy atom. The monoisotopic (exact) mass is 322 g/mol. The standard InChI is InChI=1S/C11H18N4O3S.ClH/c1-8-6-13-3-4-15(8)19(17,18)9-5-10(11(12)16)14(2)7-9;/h5,7-8,13H,3-4,6H2,1-2H3,(H2,12,16);1H/t8-;/m0./s1. The van der Waals surface area contributed by atoms with Gasteiger partial charge in [-0.05, 0) is 13.0 Å². The van der Waals surface area contributed by atoms with Gasteiger partial charge in [-0.25, -0.2) is 8.42 Å². The predicted octanol–water partition coefficient (Wildman–Crippen LogP) is -0.472. The van der Waals surface area contributed by atoms with Gasteiger partial charge >= 0.3 is 0 Å². The number of nitrogens with zero attached hydrogens (tertiary/aromatic N) is 2. The molecule has 0 bridgehead atoms. The summed E-state index contributed by atoms with van der Waals surface area (Å²) in [4.78, 5) is 11.3. The predicted molar refractivity (Wildman–Crippen MR) is 77.4 cm³/mol. The highest BCUT2D eigenvalue weighted by atomic mass is 35.5.